The summed E-state index contributed by atoms with van der Waals surface area (Å²) in [4.78, 5) is 10.8. The van der Waals surface area contributed by atoms with Crippen molar-refractivity contribution < 1.29 is 24.9 Å². The highest BCUT2D eigenvalue weighted by Crippen LogP contribution is 2.25. The quantitative estimate of drug-likeness (QED) is 0.539. The number of ether oxygens (including phenoxy) is 1. The summed E-state index contributed by atoms with van der Waals surface area (Å²) in [5.74, 6) is -0.118. The molecule has 5 heteroatoms. The van der Waals surface area contributed by atoms with E-state index >= 15 is 0 Å². The van der Waals surface area contributed by atoms with Crippen molar-refractivity contribution in [3.63, 3.8) is 0 Å². The van der Waals surface area contributed by atoms with E-state index in [0.717, 1.165) is 0 Å². The minimum absolute atomic E-state index is 0.0570. The van der Waals surface area contributed by atoms with Gasteiger partial charge in [0.2, 0.25) is 0 Å². The molecule has 1 saturated heterocycles. The predicted octanol–water partition coefficient (Wildman–Crippen LogP) is -1.16. The molecule has 0 bridgehead atoms. The van der Waals surface area contributed by atoms with Crippen molar-refractivity contribution in [2.45, 2.75) is 50.8 Å². The van der Waals surface area contributed by atoms with Gasteiger partial charge in [-0.3, -0.25) is 4.79 Å². The summed E-state index contributed by atoms with van der Waals surface area (Å²) in [6.07, 6.45) is -4.55. The molecule has 5 atom stereocenters. The smallest absolute Gasteiger partial charge is 0.132 e. The molecular formula is C9H16O5. The standard InChI is InChI=1S/C9H16O5/c1-4(10)3-6-7(12)8(13)9(14-6)5(2)11/h5-9,11-13H,3H2,1-2H3/t5-,6-,7+,8-,9+/m1/s1. The van der Waals surface area contributed by atoms with Crippen molar-refractivity contribution in [1.29, 1.82) is 0 Å². The Hall–Kier alpha value is -0.490. The molecule has 1 fully saturated rings. The van der Waals surface area contributed by atoms with Gasteiger partial charge >= 0.3 is 0 Å². The summed E-state index contributed by atoms with van der Waals surface area (Å²) in [6.45, 7) is 2.86. The first-order chi connectivity index (χ1) is 6.43. The number of rotatable bonds is 3. The average Bonchev–Trinajstić information content (AvgIpc) is 2.32. The molecule has 3 N–H and O–H groups in total. The fourth-order valence-corrected chi connectivity index (χ4v) is 1.63. The van der Waals surface area contributed by atoms with Crippen LogP contribution < -0.4 is 0 Å². The van der Waals surface area contributed by atoms with Gasteiger partial charge in [-0.05, 0) is 13.8 Å². The van der Waals surface area contributed by atoms with Gasteiger partial charge in [-0.1, -0.05) is 0 Å². The second-order valence-electron chi connectivity index (χ2n) is 3.77. The van der Waals surface area contributed by atoms with Crippen LogP contribution in [0.25, 0.3) is 0 Å². The molecule has 0 aromatic heterocycles. The van der Waals surface area contributed by atoms with Crippen LogP contribution in [0.3, 0.4) is 0 Å². The third-order valence-electron chi connectivity index (χ3n) is 2.36. The number of aliphatic hydroxyl groups excluding tert-OH is 3. The molecule has 0 saturated carbocycles. The number of Topliss-reactive ketones (excluding diaryl/α,β-unsaturated/α-hetero) is 1. The molecule has 14 heavy (non-hydrogen) atoms. The monoisotopic (exact) mass is 204 g/mol. The molecule has 0 amide bonds. The third kappa shape index (κ3) is 2.30. The Balaban J connectivity index is 2.62. The van der Waals surface area contributed by atoms with Crippen LogP contribution in [0, 0.1) is 0 Å². The van der Waals surface area contributed by atoms with E-state index < -0.39 is 30.5 Å². The maximum atomic E-state index is 10.8. The predicted molar refractivity (Wildman–Crippen MR) is 47.7 cm³/mol. The van der Waals surface area contributed by atoms with Crippen molar-refractivity contribution in [2.75, 3.05) is 0 Å². The number of hydrogen-bond donors (Lipinski definition) is 3. The Morgan fingerprint density at radius 3 is 2.36 bits per heavy atom. The minimum atomic E-state index is -1.13. The van der Waals surface area contributed by atoms with E-state index in [1.807, 2.05) is 0 Å². The van der Waals surface area contributed by atoms with E-state index in [1.54, 1.807) is 0 Å². The molecule has 0 aromatic carbocycles. The SMILES string of the molecule is CC(=O)C[C@H]1O[C@@H]([C@@H](C)O)[C@H](O)[C@H]1O. The van der Waals surface area contributed by atoms with Crippen LogP contribution in [0.4, 0.5) is 0 Å². The molecule has 5 nitrogen and oxygen atoms in total. The van der Waals surface area contributed by atoms with Gasteiger partial charge in [0.15, 0.2) is 0 Å². The van der Waals surface area contributed by atoms with Gasteiger partial charge in [0, 0.05) is 6.42 Å². The molecular weight excluding hydrogens is 188 g/mol. The van der Waals surface area contributed by atoms with Crippen LogP contribution >= 0.6 is 0 Å². The Morgan fingerprint density at radius 1 is 1.43 bits per heavy atom. The summed E-state index contributed by atoms with van der Waals surface area (Å²) >= 11 is 0. The fourth-order valence-electron chi connectivity index (χ4n) is 1.63. The molecule has 0 aliphatic carbocycles. The molecule has 1 rings (SSSR count). The maximum absolute atomic E-state index is 10.8. The molecule has 1 aliphatic heterocycles. The van der Waals surface area contributed by atoms with Crippen LogP contribution in [0.5, 0.6) is 0 Å². The number of carbonyl (C=O) groups excluding carboxylic acids is 1. The Bertz CT molecular complexity index is 215. The van der Waals surface area contributed by atoms with Gasteiger partial charge in [0.05, 0.1) is 12.2 Å². The summed E-state index contributed by atoms with van der Waals surface area (Å²) in [6, 6.07) is 0. The first-order valence-corrected chi connectivity index (χ1v) is 4.62. The molecule has 0 aromatic rings. The molecule has 82 valence electrons. The van der Waals surface area contributed by atoms with E-state index in [2.05, 4.69) is 0 Å². The number of carbonyl (C=O) groups is 1. The van der Waals surface area contributed by atoms with Crippen LogP contribution in [-0.2, 0) is 9.53 Å². The fraction of sp³-hybridized carbons (Fsp3) is 0.889. The highest BCUT2D eigenvalue weighted by atomic mass is 16.6. The van der Waals surface area contributed by atoms with Gasteiger partial charge in [0.1, 0.15) is 24.1 Å². The first-order valence-electron chi connectivity index (χ1n) is 4.62. The van der Waals surface area contributed by atoms with Gasteiger partial charge in [0.25, 0.3) is 0 Å². The van der Waals surface area contributed by atoms with E-state index in [4.69, 9.17) is 4.74 Å². The van der Waals surface area contributed by atoms with Gasteiger partial charge in [-0.2, -0.15) is 0 Å². The summed E-state index contributed by atoms with van der Waals surface area (Å²) in [7, 11) is 0. The molecule has 1 aliphatic rings. The zero-order valence-corrected chi connectivity index (χ0v) is 8.25. The van der Waals surface area contributed by atoms with Crippen molar-refractivity contribution in [3.05, 3.63) is 0 Å². The lowest BCUT2D eigenvalue weighted by Gasteiger charge is -2.16. The van der Waals surface area contributed by atoms with Gasteiger partial charge in [-0.25, -0.2) is 0 Å². The normalized spacial score (nSPS) is 39.8. The Morgan fingerprint density at radius 2 is 2.00 bits per heavy atom. The van der Waals surface area contributed by atoms with Crippen LogP contribution in [0.15, 0.2) is 0 Å². The molecule has 1 heterocycles. The van der Waals surface area contributed by atoms with Gasteiger partial charge in [-0.15, -0.1) is 0 Å². The number of aliphatic hydroxyl groups is 3. The first kappa shape index (κ1) is 11.6. The lowest BCUT2D eigenvalue weighted by molar-refractivity contribution is -0.122. The van der Waals surface area contributed by atoms with Crippen LogP contribution in [0.1, 0.15) is 20.3 Å². The maximum Gasteiger partial charge on any atom is 0.132 e. The van der Waals surface area contributed by atoms with Crippen molar-refractivity contribution >= 4 is 5.78 Å². The van der Waals surface area contributed by atoms with Crippen LogP contribution in [-0.4, -0.2) is 51.6 Å². The third-order valence-corrected chi connectivity index (χ3v) is 2.36. The second kappa shape index (κ2) is 4.35. The van der Waals surface area contributed by atoms with E-state index in [-0.39, 0.29) is 12.2 Å². The lowest BCUT2D eigenvalue weighted by Crippen LogP contribution is -2.37. The zero-order valence-electron chi connectivity index (χ0n) is 8.25. The number of ketones is 1. The zero-order chi connectivity index (χ0) is 10.9. The van der Waals surface area contributed by atoms with E-state index in [9.17, 15) is 20.1 Å². The Labute approximate surface area is 82.3 Å². The van der Waals surface area contributed by atoms with Crippen molar-refractivity contribution in [2.24, 2.45) is 0 Å². The van der Waals surface area contributed by atoms with Crippen LogP contribution in [0.2, 0.25) is 0 Å². The van der Waals surface area contributed by atoms with E-state index in [0.29, 0.717) is 0 Å². The lowest BCUT2D eigenvalue weighted by atomic mass is 10.0. The second-order valence-corrected chi connectivity index (χ2v) is 3.77. The van der Waals surface area contributed by atoms with Crippen molar-refractivity contribution in [3.8, 4) is 0 Å². The largest absolute Gasteiger partial charge is 0.391 e. The average molecular weight is 204 g/mol. The molecule has 0 spiro atoms. The summed E-state index contributed by atoms with van der Waals surface area (Å²) < 4.78 is 5.19. The minimum Gasteiger partial charge on any atom is -0.391 e. The molecule has 0 unspecified atom stereocenters. The van der Waals surface area contributed by atoms with Gasteiger partial charge < -0.3 is 20.1 Å². The Kier molecular flexibility index (Phi) is 3.60. The summed E-state index contributed by atoms with van der Waals surface area (Å²) in [5.41, 5.74) is 0. The number of hydrogen-bond acceptors (Lipinski definition) is 5. The van der Waals surface area contributed by atoms with E-state index in [1.165, 1.54) is 13.8 Å². The molecule has 0 radical (unpaired) electrons. The summed E-state index contributed by atoms with van der Waals surface area (Å²) in [5, 5.41) is 28.2. The van der Waals surface area contributed by atoms with Crippen molar-refractivity contribution in [1.82, 2.24) is 0 Å². The highest BCUT2D eigenvalue weighted by Gasteiger charge is 2.44. The highest BCUT2D eigenvalue weighted by molar-refractivity contribution is 5.76. The topological polar surface area (TPSA) is 87.0 Å².